The van der Waals surface area contributed by atoms with Crippen molar-refractivity contribution in [2.45, 2.75) is 26.3 Å². The van der Waals surface area contributed by atoms with Gasteiger partial charge in [-0.15, -0.1) is 0 Å². The van der Waals surface area contributed by atoms with E-state index in [1.165, 1.54) is 0 Å². The lowest BCUT2D eigenvalue weighted by atomic mass is 10.0. The van der Waals surface area contributed by atoms with Crippen LogP contribution in [-0.2, 0) is 4.79 Å². The Bertz CT molecular complexity index is 536. The van der Waals surface area contributed by atoms with Crippen molar-refractivity contribution in [3.63, 3.8) is 0 Å². The number of halogens is 2. The minimum absolute atomic E-state index is 0.0862. The smallest absolute Gasteiger partial charge is 0.305 e. The molecule has 8 heteroatoms. The van der Waals surface area contributed by atoms with Crippen LogP contribution in [0.2, 0.25) is 5.02 Å². The van der Waals surface area contributed by atoms with E-state index in [0.717, 1.165) is 12.1 Å². The highest BCUT2D eigenvalue weighted by Crippen LogP contribution is 2.31. The maximum Gasteiger partial charge on any atom is 0.305 e. The number of aliphatic carboxylic acids is 1. The molecule has 2 N–H and O–H groups in total. The summed E-state index contributed by atoms with van der Waals surface area (Å²) in [5.41, 5.74) is -0.482. The third-order valence-electron chi connectivity index (χ3n) is 2.78. The maximum atomic E-state index is 13.4. The molecule has 1 rings (SSSR count). The van der Waals surface area contributed by atoms with Crippen molar-refractivity contribution in [3.05, 3.63) is 33.1 Å². The minimum Gasteiger partial charge on any atom is -0.481 e. The first-order valence-corrected chi connectivity index (χ1v) is 6.22. The molecule has 0 aliphatic heterocycles. The lowest BCUT2D eigenvalue weighted by Gasteiger charge is -2.21. The number of hydrogen-bond donors (Lipinski definition) is 2. The van der Waals surface area contributed by atoms with Gasteiger partial charge in [0.15, 0.2) is 0 Å². The van der Waals surface area contributed by atoms with Crippen LogP contribution in [0.5, 0.6) is 0 Å². The van der Waals surface area contributed by atoms with Gasteiger partial charge in [0.05, 0.1) is 16.4 Å². The molecule has 0 saturated carbocycles. The quantitative estimate of drug-likeness (QED) is 0.621. The average molecular weight is 305 g/mol. The number of nitrogens with one attached hydrogen (secondary N) is 1. The van der Waals surface area contributed by atoms with Gasteiger partial charge in [0.25, 0.3) is 5.69 Å². The molecule has 20 heavy (non-hydrogen) atoms. The minimum atomic E-state index is -1.05. The molecule has 1 unspecified atom stereocenters. The van der Waals surface area contributed by atoms with Crippen molar-refractivity contribution < 1.29 is 19.2 Å². The molecule has 0 radical (unpaired) electrons. The molecular weight excluding hydrogens is 291 g/mol. The van der Waals surface area contributed by atoms with E-state index in [9.17, 15) is 19.3 Å². The average Bonchev–Trinajstić information content (AvgIpc) is 2.31. The SMILES string of the molecule is CC(C)C(CC(=O)O)Nc1cc(F)c(Cl)cc1[N+](=O)[O-]. The predicted molar refractivity (Wildman–Crippen MR) is 72.6 cm³/mol. The molecule has 0 fully saturated rings. The third-order valence-corrected chi connectivity index (χ3v) is 3.07. The lowest BCUT2D eigenvalue weighted by molar-refractivity contribution is -0.384. The number of rotatable bonds is 6. The van der Waals surface area contributed by atoms with E-state index < -0.39 is 28.4 Å². The van der Waals surface area contributed by atoms with Crippen molar-refractivity contribution in [3.8, 4) is 0 Å². The number of carbonyl (C=O) groups is 1. The molecule has 0 aliphatic carbocycles. The van der Waals surface area contributed by atoms with Crippen molar-refractivity contribution in [2.24, 2.45) is 5.92 Å². The van der Waals surface area contributed by atoms with Gasteiger partial charge in [0.2, 0.25) is 0 Å². The highest BCUT2D eigenvalue weighted by Gasteiger charge is 2.23. The summed E-state index contributed by atoms with van der Waals surface area (Å²) in [7, 11) is 0. The first-order chi connectivity index (χ1) is 9.22. The van der Waals surface area contributed by atoms with Crippen LogP contribution in [-0.4, -0.2) is 22.0 Å². The van der Waals surface area contributed by atoms with E-state index >= 15 is 0 Å². The fourth-order valence-electron chi connectivity index (χ4n) is 1.64. The molecule has 0 aliphatic rings. The Labute approximate surface area is 119 Å². The standard InChI is InChI=1S/C12H14ClFN2O4/c1-6(2)9(5-12(17)18)15-10-4-8(14)7(13)3-11(10)16(19)20/h3-4,6,9,15H,5H2,1-2H3,(H,17,18). The second-order valence-electron chi connectivity index (χ2n) is 4.63. The van der Waals surface area contributed by atoms with Gasteiger partial charge in [-0.05, 0) is 5.92 Å². The van der Waals surface area contributed by atoms with Crippen molar-refractivity contribution in [2.75, 3.05) is 5.32 Å². The van der Waals surface area contributed by atoms with E-state index in [1.807, 2.05) is 0 Å². The Morgan fingerprint density at radius 2 is 2.15 bits per heavy atom. The summed E-state index contributed by atoms with van der Waals surface area (Å²) in [5.74, 6) is -1.96. The van der Waals surface area contributed by atoms with Gasteiger partial charge >= 0.3 is 5.97 Å². The van der Waals surface area contributed by atoms with Gasteiger partial charge in [0.1, 0.15) is 11.5 Å². The zero-order valence-corrected chi connectivity index (χ0v) is 11.6. The summed E-state index contributed by atoms with van der Waals surface area (Å²) in [6, 6.07) is 1.24. The number of carboxylic acids is 1. The summed E-state index contributed by atoms with van der Waals surface area (Å²) in [6.07, 6.45) is -0.237. The van der Waals surface area contributed by atoms with Gasteiger partial charge in [-0.2, -0.15) is 0 Å². The highest BCUT2D eigenvalue weighted by atomic mass is 35.5. The van der Waals surface area contributed by atoms with E-state index in [4.69, 9.17) is 16.7 Å². The number of anilines is 1. The molecule has 110 valence electrons. The summed E-state index contributed by atoms with van der Waals surface area (Å²) in [4.78, 5) is 21.0. The van der Waals surface area contributed by atoms with Gasteiger partial charge in [-0.25, -0.2) is 4.39 Å². The molecule has 1 atom stereocenters. The highest BCUT2D eigenvalue weighted by molar-refractivity contribution is 6.31. The molecule has 1 aromatic carbocycles. The number of hydrogen-bond acceptors (Lipinski definition) is 4. The molecule has 1 aromatic rings. The molecule has 0 heterocycles. The van der Waals surface area contributed by atoms with Crippen LogP contribution in [0.1, 0.15) is 20.3 Å². The van der Waals surface area contributed by atoms with Crippen molar-refractivity contribution in [1.82, 2.24) is 0 Å². The Morgan fingerprint density at radius 1 is 1.55 bits per heavy atom. The van der Waals surface area contributed by atoms with Crippen LogP contribution in [0.4, 0.5) is 15.8 Å². The monoisotopic (exact) mass is 304 g/mol. The zero-order chi connectivity index (χ0) is 15.4. The Balaban J connectivity index is 3.14. The lowest BCUT2D eigenvalue weighted by Crippen LogP contribution is -2.29. The molecule has 0 spiro atoms. The summed E-state index contributed by atoms with van der Waals surface area (Å²) >= 11 is 5.51. The molecule has 0 aromatic heterocycles. The number of benzene rings is 1. The van der Waals surface area contributed by atoms with Gasteiger partial charge in [-0.1, -0.05) is 25.4 Å². The first kappa shape index (κ1) is 16.2. The van der Waals surface area contributed by atoms with Crippen LogP contribution < -0.4 is 5.32 Å². The fourth-order valence-corrected chi connectivity index (χ4v) is 1.80. The maximum absolute atomic E-state index is 13.4. The normalized spacial score (nSPS) is 12.2. The van der Waals surface area contributed by atoms with E-state index in [0.29, 0.717) is 0 Å². The second kappa shape index (κ2) is 6.51. The van der Waals surface area contributed by atoms with Gasteiger partial charge < -0.3 is 10.4 Å². The van der Waals surface area contributed by atoms with E-state index in [2.05, 4.69) is 5.32 Å². The van der Waals surface area contributed by atoms with Crippen molar-refractivity contribution >= 4 is 28.9 Å². The molecule has 0 saturated heterocycles. The second-order valence-corrected chi connectivity index (χ2v) is 5.04. The van der Waals surface area contributed by atoms with Crippen LogP contribution in [0.25, 0.3) is 0 Å². The van der Waals surface area contributed by atoms with Crippen LogP contribution in [0, 0.1) is 21.8 Å². The van der Waals surface area contributed by atoms with Crippen LogP contribution in [0.15, 0.2) is 12.1 Å². The first-order valence-electron chi connectivity index (χ1n) is 5.84. The molecule has 0 bridgehead atoms. The third kappa shape index (κ3) is 4.06. The summed E-state index contributed by atoms with van der Waals surface area (Å²) < 4.78 is 13.4. The Hall–Kier alpha value is -1.89. The van der Waals surface area contributed by atoms with Crippen LogP contribution >= 0.6 is 11.6 Å². The van der Waals surface area contributed by atoms with E-state index in [-0.39, 0.29) is 23.0 Å². The van der Waals surface area contributed by atoms with Gasteiger partial charge in [-0.3, -0.25) is 14.9 Å². The summed E-state index contributed by atoms with van der Waals surface area (Å²) in [6.45, 7) is 3.53. The van der Waals surface area contributed by atoms with Gasteiger partial charge in [0, 0.05) is 18.2 Å². The van der Waals surface area contributed by atoms with Crippen LogP contribution in [0.3, 0.4) is 0 Å². The zero-order valence-electron chi connectivity index (χ0n) is 10.9. The number of nitro benzene ring substituents is 1. The Morgan fingerprint density at radius 3 is 2.60 bits per heavy atom. The van der Waals surface area contributed by atoms with E-state index in [1.54, 1.807) is 13.8 Å². The summed E-state index contributed by atoms with van der Waals surface area (Å²) in [5, 5.41) is 22.1. The van der Waals surface area contributed by atoms with Crippen molar-refractivity contribution in [1.29, 1.82) is 0 Å². The molecule has 6 nitrogen and oxygen atoms in total. The largest absolute Gasteiger partial charge is 0.481 e. The number of nitro groups is 1. The fraction of sp³-hybridized carbons (Fsp3) is 0.417. The number of carboxylic acid groups (broad SMARTS) is 1. The topological polar surface area (TPSA) is 92.5 Å². The molecule has 0 amide bonds. The predicted octanol–water partition coefficient (Wildman–Crippen LogP) is 3.30. The molecular formula is C12H14ClFN2O4. The number of nitrogens with zero attached hydrogens (tertiary/aromatic N) is 1. The Kier molecular flexibility index (Phi) is 5.26.